The summed E-state index contributed by atoms with van der Waals surface area (Å²) in [6.07, 6.45) is 4.81. The van der Waals surface area contributed by atoms with Crippen molar-refractivity contribution < 1.29 is 9.53 Å². The molecule has 0 bridgehead atoms. The van der Waals surface area contributed by atoms with E-state index in [1.807, 2.05) is 17.1 Å². The van der Waals surface area contributed by atoms with Gasteiger partial charge in [-0.25, -0.2) is 9.69 Å². The number of nitrogens with one attached hydrogen (secondary N) is 1. The number of hydrazine groups is 1. The first kappa shape index (κ1) is 23.8. The van der Waals surface area contributed by atoms with E-state index in [9.17, 15) is 10.1 Å². The van der Waals surface area contributed by atoms with E-state index in [1.54, 1.807) is 36.4 Å². The molecule has 0 unspecified atom stereocenters. The van der Waals surface area contributed by atoms with E-state index >= 15 is 0 Å². The van der Waals surface area contributed by atoms with Crippen LogP contribution in [0.15, 0.2) is 55.1 Å². The van der Waals surface area contributed by atoms with Crippen LogP contribution in [0.1, 0.15) is 35.3 Å². The zero-order valence-electron chi connectivity index (χ0n) is 18.4. The van der Waals surface area contributed by atoms with Crippen LogP contribution in [0.2, 0.25) is 10.0 Å². The molecule has 0 aliphatic carbocycles. The van der Waals surface area contributed by atoms with Gasteiger partial charge in [-0.1, -0.05) is 42.3 Å². The van der Waals surface area contributed by atoms with E-state index in [4.69, 9.17) is 27.9 Å². The molecule has 0 atom stereocenters. The highest BCUT2D eigenvalue weighted by molar-refractivity contribution is 6.35. The average Bonchev–Trinajstić information content (AvgIpc) is 3.23. The highest BCUT2D eigenvalue weighted by Gasteiger charge is 2.27. The Labute approximate surface area is 208 Å². The molecule has 174 valence electrons. The molecule has 34 heavy (non-hydrogen) atoms. The zero-order valence-corrected chi connectivity index (χ0v) is 19.9. The SMILES string of the molecule is C=CCOc1ccc(-c2c(C#N)c(C(=O)NN3CCCCC3)nn2-c2ccc(Cl)cc2Cl)cc1. The number of carbonyl (C=O) groups is 1. The molecule has 1 N–H and O–H groups in total. The van der Waals surface area contributed by atoms with E-state index in [-0.39, 0.29) is 11.3 Å². The van der Waals surface area contributed by atoms with Gasteiger partial charge in [-0.15, -0.1) is 0 Å². The number of piperidine rings is 1. The number of hydrogen-bond acceptors (Lipinski definition) is 5. The Bertz CT molecular complexity index is 1240. The molecule has 3 aromatic rings. The maximum Gasteiger partial charge on any atom is 0.287 e. The molecule has 1 amide bonds. The summed E-state index contributed by atoms with van der Waals surface area (Å²) < 4.78 is 7.08. The number of aromatic nitrogens is 2. The minimum absolute atomic E-state index is 0.0288. The van der Waals surface area contributed by atoms with Crippen molar-refractivity contribution >= 4 is 29.1 Å². The fourth-order valence-corrected chi connectivity index (χ4v) is 4.33. The summed E-state index contributed by atoms with van der Waals surface area (Å²) in [5.74, 6) is 0.218. The van der Waals surface area contributed by atoms with E-state index in [0.717, 1.165) is 32.4 Å². The summed E-state index contributed by atoms with van der Waals surface area (Å²) >= 11 is 12.6. The molecule has 0 spiro atoms. The fraction of sp³-hybridized carbons (Fsp3) is 0.240. The summed E-state index contributed by atoms with van der Waals surface area (Å²) in [5, 5.41) is 17.3. The summed E-state index contributed by atoms with van der Waals surface area (Å²) in [6, 6.07) is 14.3. The second kappa shape index (κ2) is 10.7. The van der Waals surface area contributed by atoms with Gasteiger partial charge in [-0.05, 0) is 55.3 Å². The summed E-state index contributed by atoms with van der Waals surface area (Å²) in [5.41, 5.74) is 4.71. The van der Waals surface area contributed by atoms with Crippen LogP contribution in [-0.2, 0) is 0 Å². The smallest absolute Gasteiger partial charge is 0.287 e. The molecule has 2 aromatic carbocycles. The monoisotopic (exact) mass is 495 g/mol. The van der Waals surface area contributed by atoms with Crippen molar-refractivity contribution in [2.75, 3.05) is 19.7 Å². The maximum absolute atomic E-state index is 13.2. The van der Waals surface area contributed by atoms with E-state index in [0.29, 0.717) is 39.3 Å². The molecule has 1 aliphatic rings. The Hall–Kier alpha value is -3.31. The first-order chi connectivity index (χ1) is 16.5. The van der Waals surface area contributed by atoms with E-state index < -0.39 is 5.91 Å². The number of amides is 1. The second-order valence-electron chi connectivity index (χ2n) is 7.80. The standard InChI is InChI=1S/C25H23Cl2N5O2/c1-2-14-34-19-9-6-17(7-10-19)24-20(16-28)23(25(33)30-31-12-4-3-5-13-31)29-32(24)22-11-8-18(26)15-21(22)27/h2,6-11,15H,1,3-5,12-14H2,(H,30,33). The molecule has 1 saturated heterocycles. The van der Waals surface area contributed by atoms with Crippen LogP contribution < -0.4 is 10.2 Å². The van der Waals surface area contributed by atoms with Crippen LogP contribution in [0.4, 0.5) is 0 Å². The van der Waals surface area contributed by atoms with Crippen LogP contribution in [0.3, 0.4) is 0 Å². The lowest BCUT2D eigenvalue weighted by Crippen LogP contribution is -2.45. The van der Waals surface area contributed by atoms with Crippen molar-refractivity contribution in [1.29, 1.82) is 5.26 Å². The lowest BCUT2D eigenvalue weighted by Gasteiger charge is -2.26. The van der Waals surface area contributed by atoms with Gasteiger partial charge < -0.3 is 4.74 Å². The molecule has 1 aromatic heterocycles. The molecule has 0 radical (unpaired) electrons. The topological polar surface area (TPSA) is 83.2 Å². The number of benzene rings is 2. The summed E-state index contributed by atoms with van der Waals surface area (Å²) in [4.78, 5) is 13.2. The number of hydrogen-bond donors (Lipinski definition) is 1. The number of ether oxygens (including phenoxy) is 1. The molecule has 1 fully saturated rings. The summed E-state index contributed by atoms with van der Waals surface area (Å²) in [7, 11) is 0. The van der Waals surface area contributed by atoms with Gasteiger partial charge in [-0.3, -0.25) is 10.2 Å². The quantitative estimate of drug-likeness (QED) is 0.442. The largest absolute Gasteiger partial charge is 0.490 e. The van der Waals surface area contributed by atoms with Crippen LogP contribution >= 0.6 is 23.2 Å². The first-order valence-corrected chi connectivity index (χ1v) is 11.7. The molecule has 0 saturated carbocycles. The fourth-order valence-electron chi connectivity index (χ4n) is 3.84. The highest BCUT2D eigenvalue weighted by atomic mass is 35.5. The third-order valence-corrected chi connectivity index (χ3v) is 6.00. The molecule has 4 rings (SSSR count). The van der Waals surface area contributed by atoms with E-state index in [2.05, 4.69) is 23.2 Å². The Kier molecular flexibility index (Phi) is 7.53. The van der Waals surface area contributed by atoms with Gasteiger partial charge in [-0.2, -0.15) is 10.4 Å². The zero-order chi connectivity index (χ0) is 24.1. The summed E-state index contributed by atoms with van der Waals surface area (Å²) in [6.45, 7) is 5.55. The van der Waals surface area contributed by atoms with Gasteiger partial charge in [0.25, 0.3) is 5.91 Å². The Morgan fingerprint density at radius 1 is 1.18 bits per heavy atom. The molecule has 7 nitrogen and oxygen atoms in total. The van der Waals surface area contributed by atoms with E-state index in [1.165, 1.54) is 4.68 Å². The molecular weight excluding hydrogens is 473 g/mol. The van der Waals surface area contributed by atoms with Crippen molar-refractivity contribution in [2.45, 2.75) is 19.3 Å². The van der Waals surface area contributed by atoms with Gasteiger partial charge in [0.15, 0.2) is 5.69 Å². The molecule has 9 heteroatoms. The van der Waals surface area contributed by atoms with Crippen molar-refractivity contribution in [3.05, 3.63) is 76.4 Å². The third-order valence-electron chi connectivity index (χ3n) is 5.46. The van der Waals surface area contributed by atoms with Crippen molar-refractivity contribution in [3.8, 4) is 28.8 Å². The lowest BCUT2D eigenvalue weighted by atomic mass is 10.1. The van der Waals surface area contributed by atoms with Crippen LogP contribution in [0, 0.1) is 11.3 Å². The van der Waals surface area contributed by atoms with Crippen LogP contribution in [-0.4, -0.2) is 40.4 Å². The number of nitrogens with zero attached hydrogens (tertiary/aromatic N) is 4. The molecule has 2 heterocycles. The van der Waals surface area contributed by atoms with Gasteiger partial charge in [0, 0.05) is 23.7 Å². The number of rotatable bonds is 7. The molecular formula is C25H23Cl2N5O2. The number of nitriles is 1. The Morgan fingerprint density at radius 2 is 1.91 bits per heavy atom. The van der Waals surface area contributed by atoms with Crippen molar-refractivity contribution in [1.82, 2.24) is 20.2 Å². The lowest BCUT2D eigenvalue weighted by molar-refractivity contribution is 0.0744. The Balaban J connectivity index is 1.81. The highest BCUT2D eigenvalue weighted by Crippen LogP contribution is 2.33. The van der Waals surface area contributed by atoms with Crippen LogP contribution in [0.5, 0.6) is 5.75 Å². The van der Waals surface area contributed by atoms with Gasteiger partial charge in [0.05, 0.1) is 16.4 Å². The van der Waals surface area contributed by atoms with Gasteiger partial charge in [0.2, 0.25) is 0 Å². The third kappa shape index (κ3) is 5.10. The van der Waals surface area contributed by atoms with Crippen molar-refractivity contribution in [3.63, 3.8) is 0 Å². The predicted molar refractivity (Wildman–Crippen MR) is 132 cm³/mol. The maximum atomic E-state index is 13.2. The predicted octanol–water partition coefficient (Wildman–Crippen LogP) is 5.41. The number of carbonyl (C=O) groups excluding carboxylic acids is 1. The van der Waals surface area contributed by atoms with Crippen LogP contribution in [0.25, 0.3) is 16.9 Å². The van der Waals surface area contributed by atoms with Crippen molar-refractivity contribution in [2.24, 2.45) is 0 Å². The molecule has 1 aliphatic heterocycles. The normalized spacial score (nSPS) is 13.8. The van der Waals surface area contributed by atoms with Gasteiger partial charge >= 0.3 is 0 Å². The Morgan fingerprint density at radius 3 is 2.56 bits per heavy atom. The minimum Gasteiger partial charge on any atom is -0.490 e. The van der Waals surface area contributed by atoms with Gasteiger partial charge in [0.1, 0.15) is 24.0 Å². The second-order valence-corrected chi connectivity index (χ2v) is 8.65. The first-order valence-electron chi connectivity index (χ1n) is 10.9. The number of halogens is 2. The minimum atomic E-state index is -0.436. The average molecular weight is 496 g/mol.